The number of hydrogen-bond acceptors (Lipinski definition) is 2. The van der Waals surface area contributed by atoms with E-state index in [1.165, 1.54) is 0 Å². The van der Waals surface area contributed by atoms with Gasteiger partial charge in [-0.1, -0.05) is 0 Å². The van der Waals surface area contributed by atoms with Crippen LogP contribution in [0, 0.1) is 6.92 Å². The van der Waals surface area contributed by atoms with E-state index in [9.17, 15) is 0 Å². The van der Waals surface area contributed by atoms with Crippen molar-refractivity contribution in [1.29, 1.82) is 0 Å². The van der Waals surface area contributed by atoms with Crippen LogP contribution in [0.3, 0.4) is 0 Å². The summed E-state index contributed by atoms with van der Waals surface area (Å²) in [6.07, 6.45) is 0. The molecule has 0 spiro atoms. The van der Waals surface area contributed by atoms with Crippen molar-refractivity contribution in [3.63, 3.8) is 0 Å². The van der Waals surface area contributed by atoms with Crippen molar-refractivity contribution in [3.05, 3.63) is 23.9 Å². The van der Waals surface area contributed by atoms with Crippen molar-refractivity contribution in [2.24, 2.45) is 7.05 Å². The zero-order valence-electron chi connectivity index (χ0n) is 7.83. The molecule has 1 aromatic carbocycles. The Kier molecular flexibility index (Phi) is 1.49. The Morgan fingerprint density at radius 3 is 2.62 bits per heavy atom. The van der Waals surface area contributed by atoms with Gasteiger partial charge in [0.15, 0.2) is 0 Å². The molecule has 0 fully saturated rings. The molecular formula is C10H13N3. The van der Waals surface area contributed by atoms with Gasteiger partial charge in [-0.15, -0.1) is 0 Å². The molecule has 1 heterocycles. The lowest BCUT2D eigenvalue weighted by Crippen LogP contribution is -1.91. The Bertz CT molecular complexity index is 468. The summed E-state index contributed by atoms with van der Waals surface area (Å²) < 4.78 is 2.07. The summed E-state index contributed by atoms with van der Waals surface area (Å²) in [5.41, 5.74) is 15.4. The summed E-state index contributed by atoms with van der Waals surface area (Å²) >= 11 is 0. The Morgan fingerprint density at radius 1 is 1.23 bits per heavy atom. The first kappa shape index (κ1) is 7.98. The third-order valence-corrected chi connectivity index (χ3v) is 2.57. The minimum Gasteiger partial charge on any atom is -0.399 e. The normalized spacial score (nSPS) is 10.9. The van der Waals surface area contributed by atoms with Gasteiger partial charge in [-0.3, -0.25) is 0 Å². The lowest BCUT2D eigenvalue weighted by Gasteiger charge is -1.97. The van der Waals surface area contributed by atoms with Crippen LogP contribution in [-0.4, -0.2) is 4.57 Å². The molecule has 3 nitrogen and oxygen atoms in total. The van der Waals surface area contributed by atoms with Crippen LogP contribution >= 0.6 is 0 Å². The molecule has 0 aliphatic heterocycles. The number of rotatable bonds is 0. The van der Waals surface area contributed by atoms with E-state index in [4.69, 9.17) is 11.5 Å². The predicted molar refractivity (Wildman–Crippen MR) is 56.5 cm³/mol. The van der Waals surface area contributed by atoms with Crippen molar-refractivity contribution in [3.8, 4) is 0 Å². The number of fused-ring (bicyclic) bond motifs is 1. The highest BCUT2D eigenvalue weighted by atomic mass is 15.0. The average molecular weight is 175 g/mol. The van der Waals surface area contributed by atoms with E-state index in [0.717, 1.165) is 28.0 Å². The number of nitrogens with two attached hydrogens (primary N) is 2. The molecule has 0 amide bonds. The van der Waals surface area contributed by atoms with Gasteiger partial charge >= 0.3 is 0 Å². The SMILES string of the molecule is Cc1c(N)c2cc(N)ccc2n1C. The molecular weight excluding hydrogens is 162 g/mol. The quantitative estimate of drug-likeness (QED) is 0.598. The molecule has 2 aromatic rings. The van der Waals surface area contributed by atoms with Gasteiger partial charge in [0.1, 0.15) is 0 Å². The molecule has 0 saturated heterocycles. The van der Waals surface area contributed by atoms with Crippen LogP contribution in [0.5, 0.6) is 0 Å². The summed E-state index contributed by atoms with van der Waals surface area (Å²) in [4.78, 5) is 0. The molecule has 4 N–H and O–H groups in total. The van der Waals surface area contributed by atoms with Crippen LogP contribution in [0.15, 0.2) is 18.2 Å². The van der Waals surface area contributed by atoms with Crippen LogP contribution in [-0.2, 0) is 7.05 Å². The fourth-order valence-electron chi connectivity index (χ4n) is 1.62. The maximum atomic E-state index is 5.93. The lowest BCUT2D eigenvalue weighted by atomic mass is 10.2. The van der Waals surface area contributed by atoms with Gasteiger partial charge in [-0.2, -0.15) is 0 Å². The van der Waals surface area contributed by atoms with Crippen molar-refractivity contribution in [2.75, 3.05) is 11.5 Å². The van der Waals surface area contributed by atoms with Crippen LogP contribution in [0.1, 0.15) is 5.69 Å². The van der Waals surface area contributed by atoms with E-state index >= 15 is 0 Å². The highest BCUT2D eigenvalue weighted by molar-refractivity contribution is 5.95. The second-order valence-corrected chi connectivity index (χ2v) is 3.33. The number of anilines is 2. The van der Waals surface area contributed by atoms with Gasteiger partial charge in [0.05, 0.1) is 11.2 Å². The predicted octanol–water partition coefficient (Wildman–Crippen LogP) is 1.65. The summed E-state index contributed by atoms with van der Waals surface area (Å²) in [5.74, 6) is 0. The van der Waals surface area contributed by atoms with Crippen molar-refractivity contribution >= 4 is 22.3 Å². The third-order valence-electron chi connectivity index (χ3n) is 2.57. The Labute approximate surface area is 76.9 Å². The summed E-state index contributed by atoms with van der Waals surface area (Å²) in [5, 5.41) is 1.04. The van der Waals surface area contributed by atoms with Crippen LogP contribution in [0.2, 0.25) is 0 Å². The first-order valence-electron chi connectivity index (χ1n) is 4.21. The Morgan fingerprint density at radius 2 is 1.92 bits per heavy atom. The van der Waals surface area contributed by atoms with Crippen LogP contribution in [0.4, 0.5) is 11.4 Å². The zero-order valence-corrected chi connectivity index (χ0v) is 7.83. The second kappa shape index (κ2) is 2.42. The van der Waals surface area contributed by atoms with E-state index in [-0.39, 0.29) is 0 Å². The highest BCUT2D eigenvalue weighted by Gasteiger charge is 2.07. The number of aryl methyl sites for hydroxylation is 1. The number of hydrogen-bond donors (Lipinski definition) is 2. The maximum absolute atomic E-state index is 5.93. The fraction of sp³-hybridized carbons (Fsp3) is 0.200. The van der Waals surface area contributed by atoms with Crippen LogP contribution in [0.25, 0.3) is 10.9 Å². The minimum atomic E-state index is 0.754. The van der Waals surface area contributed by atoms with E-state index < -0.39 is 0 Å². The molecule has 0 bridgehead atoms. The van der Waals surface area contributed by atoms with Crippen LogP contribution < -0.4 is 11.5 Å². The standard InChI is InChI=1S/C10H13N3/c1-6-10(12)8-5-7(11)3-4-9(8)13(6)2/h3-5H,11-12H2,1-2H3. The molecule has 1 aromatic heterocycles. The highest BCUT2D eigenvalue weighted by Crippen LogP contribution is 2.28. The lowest BCUT2D eigenvalue weighted by molar-refractivity contribution is 0.920. The first-order chi connectivity index (χ1) is 6.11. The van der Waals surface area contributed by atoms with Gasteiger partial charge in [0.25, 0.3) is 0 Å². The second-order valence-electron chi connectivity index (χ2n) is 3.33. The summed E-state index contributed by atoms with van der Waals surface area (Å²) in [6, 6.07) is 5.80. The van der Waals surface area contributed by atoms with Crippen molar-refractivity contribution in [1.82, 2.24) is 4.57 Å². The van der Waals surface area contributed by atoms with Gasteiger partial charge in [-0.25, -0.2) is 0 Å². The van der Waals surface area contributed by atoms with Gasteiger partial charge in [0, 0.05) is 23.8 Å². The smallest absolute Gasteiger partial charge is 0.0604 e. The molecule has 0 radical (unpaired) electrons. The molecule has 2 rings (SSSR count). The van der Waals surface area contributed by atoms with E-state index in [1.54, 1.807) is 0 Å². The van der Waals surface area contributed by atoms with E-state index in [0.29, 0.717) is 0 Å². The summed E-state index contributed by atoms with van der Waals surface area (Å²) in [7, 11) is 2.00. The number of nitrogens with zero attached hydrogens (tertiary/aromatic N) is 1. The summed E-state index contributed by atoms with van der Waals surface area (Å²) in [6.45, 7) is 2.01. The molecule has 0 saturated carbocycles. The molecule has 0 unspecified atom stereocenters. The number of aromatic nitrogens is 1. The van der Waals surface area contributed by atoms with Gasteiger partial charge in [0.2, 0.25) is 0 Å². The molecule has 0 aliphatic rings. The fourth-order valence-corrected chi connectivity index (χ4v) is 1.62. The maximum Gasteiger partial charge on any atom is 0.0604 e. The minimum absolute atomic E-state index is 0.754. The van der Waals surface area contributed by atoms with E-state index in [2.05, 4.69) is 4.57 Å². The topological polar surface area (TPSA) is 57.0 Å². The third kappa shape index (κ3) is 0.967. The molecule has 13 heavy (non-hydrogen) atoms. The number of benzene rings is 1. The first-order valence-corrected chi connectivity index (χ1v) is 4.21. The molecule has 0 atom stereocenters. The Balaban J connectivity index is 2.95. The Hall–Kier alpha value is -1.64. The van der Waals surface area contributed by atoms with E-state index in [1.807, 2.05) is 32.2 Å². The van der Waals surface area contributed by atoms with Crippen molar-refractivity contribution in [2.45, 2.75) is 6.92 Å². The zero-order chi connectivity index (χ0) is 9.59. The largest absolute Gasteiger partial charge is 0.399 e. The molecule has 68 valence electrons. The monoisotopic (exact) mass is 175 g/mol. The molecule has 0 aliphatic carbocycles. The average Bonchev–Trinajstić information content (AvgIpc) is 2.32. The molecule has 3 heteroatoms. The number of nitrogen functional groups attached to an aromatic ring is 2. The van der Waals surface area contributed by atoms with Gasteiger partial charge < -0.3 is 16.0 Å². The van der Waals surface area contributed by atoms with Crippen molar-refractivity contribution < 1.29 is 0 Å². The van der Waals surface area contributed by atoms with Gasteiger partial charge in [-0.05, 0) is 25.1 Å².